The molecule has 0 saturated carbocycles. The van der Waals surface area contributed by atoms with E-state index in [2.05, 4.69) is 0 Å². The number of carboxylic acid groups (broad SMARTS) is 1. The molecule has 1 aromatic carbocycles. The highest BCUT2D eigenvalue weighted by molar-refractivity contribution is 5.75. The van der Waals surface area contributed by atoms with Crippen LogP contribution in [0.25, 0.3) is 0 Å². The molecule has 0 saturated heterocycles. The summed E-state index contributed by atoms with van der Waals surface area (Å²) in [5.41, 5.74) is 2.12. The maximum Gasteiger partial charge on any atom is 0.345 e. The van der Waals surface area contributed by atoms with E-state index in [0.29, 0.717) is 12.2 Å². The Labute approximate surface area is 76.0 Å². The van der Waals surface area contributed by atoms with E-state index in [0.717, 1.165) is 11.1 Å². The van der Waals surface area contributed by atoms with Crippen molar-refractivity contribution >= 4 is 5.97 Å². The second-order valence-electron chi connectivity index (χ2n) is 3.20. The van der Waals surface area contributed by atoms with Crippen LogP contribution >= 0.6 is 0 Å². The van der Waals surface area contributed by atoms with E-state index in [1.165, 1.54) is 0 Å². The topological polar surface area (TPSA) is 46.5 Å². The van der Waals surface area contributed by atoms with Crippen LogP contribution in [0.2, 0.25) is 0 Å². The van der Waals surface area contributed by atoms with Crippen molar-refractivity contribution in [3.8, 4) is 5.75 Å². The molecule has 0 unspecified atom stereocenters. The Hall–Kier alpha value is -1.51. The molecule has 1 N–H and O–H groups in total. The van der Waals surface area contributed by atoms with Crippen molar-refractivity contribution in [1.82, 2.24) is 0 Å². The number of aryl methyl sites for hydroxylation is 1. The molecule has 0 amide bonds. The summed E-state index contributed by atoms with van der Waals surface area (Å²) in [4.78, 5) is 10.7. The second kappa shape index (κ2) is 2.76. The predicted octanol–water partition coefficient (Wildman–Crippen LogP) is 1.38. The highest BCUT2D eigenvalue weighted by Crippen LogP contribution is 2.30. The molecule has 3 heteroatoms. The zero-order valence-corrected chi connectivity index (χ0v) is 7.28. The summed E-state index contributed by atoms with van der Waals surface area (Å²) in [6.45, 7) is 1.96. The second-order valence-corrected chi connectivity index (χ2v) is 3.20. The van der Waals surface area contributed by atoms with Crippen LogP contribution in [0.5, 0.6) is 5.75 Å². The van der Waals surface area contributed by atoms with Gasteiger partial charge in [0.25, 0.3) is 0 Å². The van der Waals surface area contributed by atoms with Gasteiger partial charge in [0.2, 0.25) is 0 Å². The number of carboxylic acids is 1. The summed E-state index contributed by atoms with van der Waals surface area (Å²) >= 11 is 0. The number of ether oxygens (including phenoxy) is 1. The van der Waals surface area contributed by atoms with E-state index in [-0.39, 0.29) is 0 Å². The Morgan fingerprint density at radius 3 is 3.00 bits per heavy atom. The molecular weight excluding hydrogens is 168 g/mol. The third-order valence-electron chi connectivity index (χ3n) is 2.30. The standard InChI is InChI=1S/C10H10O3/c1-6-3-2-4-8-7(6)5-9(13-8)10(11)12/h2-4,9H,5H2,1H3,(H,11,12)/t9-/m1/s1. The molecule has 1 atom stereocenters. The van der Waals surface area contributed by atoms with Crippen LogP contribution in [0.4, 0.5) is 0 Å². The fourth-order valence-electron chi connectivity index (χ4n) is 1.57. The minimum Gasteiger partial charge on any atom is -0.478 e. The lowest BCUT2D eigenvalue weighted by Crippen LogP contribution is -2.24. The molecule has 13 heavy (non-hydrogen) atoms. The smallest absolute Gasteiger partial charge is 0.345 e. The van der Waals surface area contributed by atoms with Crippen LogP contribution in [0, 0.1) is 6.92 Å². The first-order chi connectivity index (χ1) is 6.18. The summed E-state index contributed by atoms with van der Waals surface area (Å²) in [5, 5.41) is 8.75. The molecule has 0 aromatic heterocycles. The van der Waals surface area contributed by atoms with Gasteiger partial charge < -0.3 is 9.84 Å². The minimum absolute atomic E-state index is 0.483. The van der Waals surface area contributed by atoms with Gasteiger partial charge in [0, 0.05) is 12.0 Å². The Balaban J connectivity index is 2.35. The molecule has 2 rings (SSSR count). The van der Waals surface area contributed by atoms with Crippen molar-refractivity contribution < 1.29 is 14.6 Å². The highest BCUT2D eigenvalue weighted by Gasteiger charge is 2.29. The van der Waals surface area contributed by atoms with Gasteiger partial charge in [-0.2, -0.15) is 0 Å². The molecule has 3 nitrogen and oxygen atoms in total. The Morgan fingerprint density at radius 1 is 1.62 bits per heavy atom. The lowest BCUT2D eigenvalue weighted by atomic mass is 10.0. The number of carbonyl (C=O) groups is 1. The first kappa shape index (κ1) is 8.10. The molecule has 0 radical (unpaired) electrons. The fraction of sp³-hybridized carbons (Fsp3) is 0.300. The Bertz CT molecular complexity index is 357. The number of rotatable bonds is 1. The van der Waals surface area contributed by atoms with Crippen molar-refractivity contribution in [2.24, 2.45) is 0 Å². The normalized spacial score (nSPS) is 19.3. The summed E-state index contributed by atoms with van der Waals surface area (Å²) in [5.74, 6) is -0.178. The average Bonchev–Trinajstić information content (AvgIpc) is 2.49. The molecule has 0 aliphatic carbocycles. The SMILES string of the molecule is Cc1cccc2c1C[C@H](C(=O)O)O2. The highest BCUT2D eigenvalue weighted by atomic mass is 16.5. The maximum atomic E-state index is 10.7. The fourth-order valence-corrected chi connectivity index (χ4v) is 1.57. The summed E-state index contributed by atoms with van der Waals surface area (Å²) in [6.07, 6.45) is -0.215. The van der Waals surface area contributed by atoms with Crippen LogP contribution in [-0.4, -0.2) is 17.2 Å². The molecule has 0 bridgehead atoms. The molecule has 1 aliphatic rings. The third kappa shape index (κ3) is 1.26. The van der Waals surface area contributed by atoms with Gasteiger partial charge in [0.15, 0.2) is 6.10 Å². The van der Waals surface area contributed by atoms with Gasteiger partial charge in [-0.15, -0.1) is 0 Å². The average molecular weight is 178 g/mol. The predicted molar refractivity (Wildman–Crippen MR) is 46.9 cm³/mol. The lowest BCUT2D eigenvalue weighted by molar-refractivity contribution is -0.144. The van der Waals surface area contributed by atoms with Gasteiger partial charge in [-0.05, 0) is 18.6 Å². The van der Waals surface area contributed by atoms with Gasteiger partial charge in [-0.3, -0.25) is 0 Å². The Morgan fingerprint density at radius 2 is 2.38 bits per heavy atom. The summed E-state index contributed by atoms with van der Waals surface area (Å²) < 4.78 is 5.25. The van der Waals surface area contributed by atoms with E-state index >= 15 is 0 Å². The van der Waals surface area contributed by atoms with Gasteiger partial charge in [0.1, 0.15) is 5.75 Å². The number of fused-ring (bicyclic) bond motifs is 1. The van der Waals surface area contributed by atoms with Crippen LogP contribution in [-0.2, 0) is 11.2 Å². The van der Waals surface area contributed by atoms with E-state index in [9.17, 15) is 4.79 Å². The molecule has 1 aliphatic heterocycles. The van der Waals surface area contributed by atoms with Crippen molar-refractivity contribution in [3.63, 3.8) is 0 Å². The van der Waals surface area contributed by atoms with Crippen molar-refractivity contribution in [1.29, 1.82) is 0 Å². The zero-order chi connectivity index (χ0) is 9.42. The van der Waals surface area contributed by atoms with Gasteiger partial charge >= 0.3 is 5.97 Å². The van der Waals surface area contributed by atoms with E-state index in [1.807, 2.05) is 25.1 Å². The number of benzene rings is 1. The van der Waals surface area contributed by atoms with Crippen molar-refractivity contribution in [2.45, 2.75) is 19.4 Å². The maximum absolute atomic E-state index is 10.7. The Kier molecular flexibility index (Phi) is 1.72. The third-order valence-corrected chi connectivity index (χ3v) is 2.30. The van der Waals surface area contributed by atoms with Crippen LogP contribution < -0.4 is 4.74 Å². The largest absolute Gasteiger partial charge is 0.478 e. The van der Waals surface area contributed by atoms with Crippen molar-refractivity contribution in [2.75, 3.05) is 0 Å². The van der Waals surface area contributed by atoms with Crippen LogP contribution in [0.3, 0.4) is 0 Å². The first-order valence-corrected chi connectivity index (χ1v) is 4.16. The number of hydrogen-bond acceptors (Lipinski definition) is 2. The minimum atomic E-state index is -0.893. The van der Waals surface area contributed by atoms with Gasteiger partial charge in [-0.1, -0.05) is 12.1 Å². The van der Waals surface area contributed by atoms with E-state index in [4.69, 9.17) is 9.84 Å². The molecule has 1 aromatic rings. The summed E-state index contributed by atoms with van der Waals surface area (Å²) in [6, 6.07) is 5.65. The number of aliphatic carboxylic acids is 1. The number of hydrogen-bond donors (Lipinski definition) is 1. The molecule has 0 fully saturated rings. The van der Waals surface area contributed by atoms with E-state index in [1.54, 1.807) is 0 Å². The first-order valence-electron chi connectivity index (χ1n) is 4.16. The molecular formula is C10H10O3. The van der Waals surface area contributed by atoms with Crippen LogP contribution in [0.15, 0.2) is 18.2 Å². The lowest BCUT2D eigenvalue weighted by Gasteiger charge is -2.02. The monoisotopic (exact) mass is 178 g/mol. The molecule has 0 spiro atoms. The quantitative estimate of drug-likeness (QED) is 0.706. The van der Waals surface area contributed by atoms with Crippen molar-refractivity contribution in [3.05, 3.63) is 29.3 Å². The zero-order valence-electron chi connectivity index (χ0n) is 7.28. The molecule has 68 valence electrons. The summed E-state index contributed by atoms with van der Waals surface area (Å²) in [7, 11) is 0. The molecule has 1 heterocycles. The van der Waals surface area contributed by atoms with Crippen LogP contribution in [0.1, 0.15) is 11.1 Å². The van der Waals surface area contributed by atoms with Gasteiger partial charge in [0.05, 0.1) is 0 Å². The van der Waals surface area contributed by atoms with Gasteiger partial charge in [-0.25, -0.2) is 4.79 Å². The van der Waals surface area contributed by atoms with E-state index < -0.39 is 12.1 Å².